The summed E-state index contributed by atoms with van der Waals surface area (Å²) in [4.78, 5) is 0. The molecule has 144 valence electrons. The van der Waals surface area contributed by atoms with Crippen molar-refractivity contribution in [2.45, 2.75) is 26.2 Å². The molecular formula is C13H21NO8S3. The zero-order valence-corrected chi connectivity index (χ0v) is 16.3. The third kappa shape index (κ3) is 4.77. The number of primary sulfonamides is 1. The van der Waals surface area contributed by atoms with Crippen molar-refractivity contribution in [2.24, 2.45) is 5.14 Å². The molecule has 2 N–H and O–H groups in total. The molecule has 1 aliphatic heterocycles. The van der Waals surface area contributed by atoms with E-state index in [1.165, 1.54) is 20.3 Å². The zero-order valence-electron chi connectivity index (χ0n) is 13.8. The Morgan fingerprint density at radius 1 is 1.28 bits per heavy atom. The largest absolute Gasteiger partial charge is 0.383 e. The van der Waals surface area contributed by atoms with Crippen molar-refractivity contribution < 1.29 is 35.8 Å². The molecule has 0 bridgehead atoms. The number of methoxy groups -OCH3 is 2. The number of rotatable bonds is 9. The Balaban J connectivity index is 2.30. The van der Waals surface area contributed by atoms with E-state index in [0.29, 0.717) is 24.6 Å². The molecule has 2 unspecified atom stereocenters. The summed E-state index contributed by atoms with van der Waals surface area (Å²) < 4.78 is 69.0. The lowest BCUT2D eigenvalue weighted by molar-refractivity contribution is -0.103. The minimum atomic E-state index is -4.01. The molecule has 0 saturated carbocycles. The standard InChI is InChI=1S/C13H21NO8S3/c1-19-3-4-21-8-22-11-5-9(7-20-2)24(15,16)13-10(11)6-12(23-13)25(14,17)18/h6,9,11H,3-5,7-8H2,1-2H3,(H2,14,17,18). The van der Waals surface area contributed by atoms with Crippen molar-refractivity contribution >= 4 is 31.2 Å². The number of hydrogen-bond acceptors (Lipinski definition) is 9. The fraction of sp³-hybridized carbons (Fsp3) is 0.692. The summed E-state index contributed by atoms with van der Waals surface area (Å²) in [6, 6.07) is 1.26. The summed E-state index contributed by atoms with van der Waals surface area (Å²) in [6.07, 6.45) is -0.495. The second-order valence-corrected chi connectivity index (χ2v) is 10.6. The summed E-state index contributed by atoms with van der Waals surface area (Å²) in [7, 11) is -4.80. The van der Waals surface area contributed by atoms with Crippen LogP contribution in [0.4, 0.5) is 0 Å². The monoisotopic (exact) mass is 415 g/mol. The molecule has 25 heavy (non-hydrogen) atoms. The minimum absolute atomic E-state index is 0.0191. The SMILES string of the molecule is COCCOCOC1CC(COC)S(=O)(=O)c2sc(S(N)(=O)=O)cc21. The van der Waals surface area contributed by atoms with Crippen molar-refractivity contribution in [2.75, 3.05) is 40.8 Å². The first-order valence-corrected chi connectivity index (χ1v) is 11.2. The summed E-state index contributed by atoms with van der Waals surface area (Å²) in [6.45, 7) is 0.623. The van der Waals surface area contributed by atoms with Crippen molar-refractivity contribution in [1.29, 1.82) is 0 Å². The van der Waals surface area contributed by atoms with Crippen LogP contribution in [0.3, 0.4) is 0 Å². The Labute approximate surface area is 151 Å². The molecule has 0 aromatic carbocycles. The van der Waals surface area contributed by atoms with Crippen LogP contribution in [-0.4, -0.2) is 62.9 Å². The van der Waals surface area contributed by atoms with E-state index in [0.717, 1.165) is 0 Å². The smallest absolute Gasteiger partial charge is 0.247 e. The van der Waals surface area contributed by atoms with Crippen molar-refractivity contribution in [3.05, 3.63) is 11.6 Å². The molecule has 0 radical (unpaired) electrons. The van der Waals surface area contributed by atoms with Gasteiger partial charge in [-0.2, -0.15) is 0 Å². The van der Waals surface area contributed by atoms with Gasteiger partial charge in [0.1, 0.15) is 15.2 Å². The quantitative estimate of drug-likeness (QED) is 0.449. The third-order valence-electron chi connectivity index (χ3n) is 3.64. The lowest BCUT2D eigenvalue weighted by atomic mass is 10.1. The van der Waals surface area contributed by atoms with Crippen LogP contribution in [0.15, 0.2) is 14.5 Å². The summed E-state index contributed by atoms with van der Waals surface area (Å²) >= 11 is 0.633. The highest BCUT2D eigenvalue weighted by atomic mass is 32.3. The Kier molecular flexibility index (Phi) is 6.95. The zero-order chi connectivity index (χ0) is 18.7. The van der Waals surface area contributed by atoms with Crippen LogP contribution in [0.5, 0.6) is 0 Å². The second-order valence-electron chi connectivity index (χ2n) is 5.39. The fourth-order valence-corrected chi connectivity index (χ4v) is 6.98. The number of nitrogens with two attached hydrogens (primary N) is 1. The molecule has 12 heteroatoms. The Morgan fingerprint density at radius 2 is 2.00 bits per heavy atom. The molecule has 0 spiro atoms. The van der Waals surface area contributed by atoms with Crippen molar-refractivity contribution in [3.8, 4) is 0 Å². The minimum Gasteiger partial charge on any atom is -0.383 e. The highest BCUT2D eigenvalue weighted by Gasteiger charge is 2.42. The van der Waals surface area contributed by atoms with Gasteiger partial charge in [-0.3, -0.25) is 0 Å². The van der Waals surface area contributed by atoms with Gasteiger partial charge in [0.25, 0.3) is 0 Å². The lowest BCUT2D eigenvalue weighted by Crippen LogP contribution is -2.33. The van der Waals surface area contributed by atoms with E-state index < -0.39 is 31.2 Å². The van der Waals surface area contributed by atoms with E-state index in [1.54, 1.807) is 0 Å². The molecule has 1 aromatic rings. The molecule has 0 aliphatic carbocycles. The van der Waals surface area contributed by atoms with Gasteiger partial charge in [0, 0.05) is 19.8 Å². The molecule has 2 atom stereocenters. The van der Waals surface area contributed by atoms with Crippen LogP contribution in [0, 0.1) is 0 Å². The lowest BCUT2D eigenvalue weighted by Gasteiger charge is -2.28. The van der Waals surface area contributed by atoms with E-state index in [9.17, 15) is 16.8 Å². The van der Waals surface area contributed by atoms with Crippen LogP contribution in [0.1, 0.15) is 18.1 Å². The molecule has 9 nitrogen and oxygen atoms in total. The number of hydrogen-bond donors (Lipinski definition) is 1. The second kappa shape index (κ2) is 8.39. The van der Waals surface area contributed by atoms with Gasteiger partial charge in [-0.05, 0) is 12.5 Å². The number of ether oxygens (including phenoxy) is 4. The molecule has 0 fully saturated rings. The highest BCUT2D eigenvalue weighted by Crippen LogP contribution is 2.44. The Bertz CT molecular complexity index is 786. The van der Waals surface area contributed by atoms with E-state index in [-0.39, 0.29) is 33.8 Å². The number of sulfonamides is 1. The van der Waals surface area contributed by atoms with E-state index in [4.69, 9.17) is 24.1 Å². The topological polar surface area (TPSA) is 131 Å². The summed E-state index contributed by atoms with van der Waals surface area (Å²) in [5.41, 5.74) is 0.289. The third-order valence-corrected chi connectivity index (χ3v) is 8.91. The number of sulfone groups is 1. The first-order valence-electron chi connectivity index (χ1n) is 7.29. The molecule has 0 amide bonds. The first-order chi connectivity index (χ1) is 11.7. The average molecular weight is 416 g/mol. The maximum Gasteiger partial charge on any atom is 0.247 e. The summed E-state index contributed by atoms with van der Waals surface area (Å²) in [5, 5.41) is 4.30. The molecular weight excluding hydrogens is 394 g/mol. The maximum atomic E-state index is 12.7. The van der Waals surface area contributed by atoms with Gasteiger partial charge in [0.05, 0.1) is 31.2 Å². The molecule has 0 saturated heterocycles. The van der Waals surface area contributed by atoms with Gasteiger partial charge < -0.3 is 18.9 Å². The van der Waals surface area contributed by atoms with Crippen LogP contribution >= 0.6 is 11.3 Å². The van der Waals surface area contributed by atoms with E-state index >= 15 is 0 Å². The molecule has 2 rings (SSSR count). The maximum absolute atomic E-state index is 12.7. The fourth-order valence-electron chi connectivity index (χ4n) is 2.43. The van der Waals surface area contributed by atoms with Gasteiger partial charge in [0.15, 0.2) is 9.84 Å². The Morgan fingerprint density at radius 3 is 2.60 bits per heavy atom. The normalized spacial score (nSPS) is 22.7. The average Bonchev–Trinajstić information content (AvgIpc) is 2.98. The Hall–Kier alpha value is -0.600. The van der Waals surface area contributed by atoms with E-state index in [1.807, 2.05) is 0 Å². The van der Waals surface area contributed by atoms with Gasteiger partial charge in [-0.25, -0.2) is 22.0 Å². The van der Waals surface area contributed by atoms with Crippen LogP contribution < -0.4 is 5.14 Å². The molecule has 1 aromatic heterocycles. The van der Waals surface area contributed by atoms with Crippen LogP contribution in [0.2, 0.25) is 0 Å². The van der Waals surface area contributed by atoms with Crippen LogP contribution in [0.25, 0.3) is 0 Å². The highest BCUT2D eigenvalue weighted by molar-refractivity contribution is 7.95. The number of thiophene rings is 1. The summed E-state index contributed by atoms with van der Waals surface area (Å²) in [5.74, 6) is 0. The molecule has 1 aliphatic rings. The van der Waals surface area contributed by atoms with E-state index in [2.05, 4.69) is 0 Å². The van der Waals surface area contributed by atoms with Gasteiger partial charge in [-0.15, -0.1) is 11.3 Å². The van der Waals surface area contributed by atoms with Gasteiger partial charge in [0.2, 0.25) is 10.0 Å². The predicted octanol–water partition coefficient (Wildman–Crippen LogP) is 0.266. The number of fused-ring (bicyclic) bond motifs is 1. The molecule has 2 heterocycles. The first kappa shape index (κ1) is 20.7. The predicted molar refractivity (Wildman–Crippen MR) is 89.7 cm³/mol. The van der Waals surface area contributed by atoms with Crippen molar-refractivity contribution in [1.82, 2.24) is 0 Å². The van der Waals surface area contributed by atoms with Crippen molar-refractivity contribution in [3.63, 3.8) is 0 Å². The van der Waals surface area contributed by atoms with Gasteiger partial charge >= 0.3 is 0 Å². The van der Waals surface area contributed by atoms with Crippen LogP contribution in [-0.2, 0) is 38.8 Å². The van der Waals surface area contributed by atoms with Gasteiger partial charge in [-0.1, -0.05) is 0 Å².